The van der Waals surface area contributed by atoms with Crippen LogP contribution in [0.3, 0.4) is 0 Å². The van der Waals surface area contributed by atoms with Crippen molar-refractivity contribution in [3.63, 3.8) is 0 Å². The van der Waals surface area contributed by atoms with Crippen LogP contribution in [0.2, 0.25) is 0 Å². The second-order valence-corrected chi connectivity index (χ2v) is 8.85. The number of hydrogen-bond donors (Lipinski definition) is 3. The van der Waals surface area contributed by atoms with Crippen molar-refractivity contribution in [2.45, 2.75) is 43.6 Å². The summed E-state index contributed by atoms with van der Waals surface area (Å²) in [5.74, 6) is 0.458. The SMILES string of the molecule is CNc1cc(Nc2cccn([C@@H]3C[C@@H]4CCO[C@@H]43)c2=O)nn2c(C(=O)N[C@@H]3C[C@@H]3F)cnc12. The molecule has 2 aliphatic carbocycles. The maximum atomic E-state index is 13.2. The molecule has 4 heterocycles. The minimum atomic E-state index is -1.01. The first-order valence-electron chi connectivity index (χ1n) is 11.1. The maximum absolute atomic E-state index is 13.2. The molecule has 172 valence electrons. The minimum Gasteiger partial charge on any atom is -0.385 e. The van der Waals surface area contributed by atoms with Crippen molar-refractivity contribution in [2.24, 2.45) is 5.92 Å². The molecular formula is C22H24FN7O3. The molecule has 11 heteroatoms. The van der Waals surface area contributed by atoms with Crippen LogP contribution in [0.1, 0.15) is 35.8 Å². The molecule has 3 aromatic rings. The van der Waals surface area contributed by atoms with E-state index in [4.69, 9.17) is 4.74 Å². The number of fused-ring (bicyclic) bond motifs is 2. The zero-order valence-electron chi connectivity index (χ0n) is 18.0. The molecule has 3 N–H and O–H groups in total. The van der Waals surface area contributed by atoms with E-state index in [0.29, 0.717) is 35.2 Å². The number of alkyl halides is 1. The van der Waals surface area contributed by atoms with Gasteiger partial charge in [0.25, 0.3) is 11.5 Å². The largest absolute Gasteiger partial charge is 0.385 e. The van der Waals surface area contributed by atoms with Crippen molar-refractivity contribution in [3.05, 3.63) is 46.6 Å². The minimum absolute atomic E-state index is 0.0424. The van der Waals surface area contributed by atoms with Crippen LogP contribution in [0.4, 0.5) is 21.6 Å². The van der Waals surface area contributed by atoms with E-state index >= 15 is 0 Å². The number of rotatable bonds is 6. The molecule has 6 rings (SSSR count). The zero-order chi connectivity index (χ0) is 22.7. The van der Waals surface area contributed by atoms with E-state index in [2.05, 4.69) is 26.0 Å². The lowest BCUT2D eigenvalue weighted by Crippen LogP contribution is -2.44. The summed E-state index contributed by atoms with van der Waals surface area (Å²) < 4.78 is 22.2. The smallest absolute Gasteiger partial charge is 0.274 e. The summed E-state index contributed by atoms with van der Waals surface area (Å²) in [6.45, 7) is 0.753. The van der Waals surface area contributed by atoms with Crippen LogP contribution >= 0.6 is 0 Å². The number of carbonyl (C=O) groups is 1. The number of imidazole rings is 1. The number of nitrogens with zero attached hydrogens (tertiary/aromatic N) is 4. The average molecular weight is 453 g/mol. The number of nitrogens with one attached hydrogen (secondary N) is 3. The van der Waals surface area contributed by atoms with Crippen molar-refractivity contribution in [1.82, 2.24) is 24.5 Å². The van der Waals surface area contributed by atoms with Gasteiger partial charge in [0.15, 0.2) is 17.2 Å². The van der Waals surface area contributed by atoms with E-state index in [9.17, 15) is 14.0 Å². The Kier molecular flexibility index (Phi) is 4.61. The summed E-state index contributed by atoms with van der Waals surface area (Å²) in [5, 5.41) is 13.3. The first-order chi connectivity index (χ1) is 16.0. The van der Waals surface area contributed by atoms with Gasteiger partial charge in [-0.15, -0.1) is 5.10 Å². The number of ether oxygens (including phenoxy) is 1. The molecule has 3 aromatic heterocycles. The van der Waals surface area contributed by atoms with E-state index in [1.54, 1.807) is 29.9 Å². The Labute approximate surface area is 188 Å². The lowest BCUT2D eigenvalue weighted by molar-refractivity contribution is -0.0195. The van der Waals surface area contributed by atoms with Gasteiger partial charge in [0.2, 0.25) is 0 Å². The average Bonchev–Trinajstić information content (AvgIpc) is 3.16. The van der Waals surface area contributed by atoms with Crippen molar-refractivity contribution < 1.29 is 13.9 Å². The molecule has 3 fully saturated rings. The second-order valence-electron chi connectivity index (χ2n) is 8.85. The third-order valence-corrected chi connectivity index (χ3v) is 6.78. The third kappa shape index (κ3) is 3.34. The highest BCUT2D eigenvalue weighted by molar-refractivity contribution is 5.94. The molecule has 0 spiro atoms. The quantitative estimate of drug-likeness (QED) is 0.522. The van der Waals surface area contributed by atoms with Gasteiger partial charge < -0.3 is 25.3 Å². The fourth-order valence-electron chi connectivity index (χ4n) is 4.78. The highest BCUT2D eigenvalue weighted by atomic mass is 19.1. The van der Waals surface area contributed by atoms with E-state index < -0.39 is 18.1 Å². The van der Waals surface area contributed by atoms with Gasteiger partial charge in [-0.2, -0.15) is 0 Å². The Hall–Kier alpha value is -3.47. The summed E-state index contributed by atoms with van der Waals surface area (Å²) in [7, 11) is 1.73. The van der Waals surface area contributed by atoms with Gasteiger partial charge in [0, 0.05) is 32.3 Å². The van der Waals surface area contributed by atoms with Crippen LogP contribution in [0.25, 0.3) is 5.65 Å². The van der Waals surface area contributed by atoms with Crippen molar-refractivity contribution in [1.29, 1.82) is 0 Å². The van der Waals surface area contributed by atoms with Crippen molar-refractivity contribution in [2.75, 3.05) is 24.3 Å². The summed E-state index contributed by atoms with van der Waals surface area (Å²) >= 11 is 0. The second kappa shape index (κ2) is 7.55. The molecule has 1 aliphatic heterocycles. The maximum Gasteiger partial charge on any atom is 0.274 e. The first-order valence-corrected chi connectivity index (χ1v) is 11.1. The van der Waals surface area contributed by atoms with Crippen LogP contribution in [0.15, 0.2) is 35.4 Å². The van der Waals surface area contributed by atoms with Gasteiger partial charge in [0.1, 0.15) is 11.9 Å². The third-order valence-electron chi connectivity index (χ3n) is 6.78. The Balaban J connectivity index is 1.32. The Morgan fingerprint density at radius 3 is 2.91 bits per heavy atom. The molecule has 0 aromatic carbocycles. The summed E-state index contributed by atoms with van der Waals surface area (Å²) in [6, 6.07) is 4.82. The van der Waals surface area contributed by atoms with E-state index in [1.807, 2.05) is 6.07 Å². The number of amides is 1. The number of pyridine rings is 1. The Morgan fingerprint density at radius 2 is 2.15 bits per heavy atom. The van der Waals surface area contributed by atoms with Gasteiger partial charge in [0.05, 0.1) is 30.1 Å². The van der Waals surface area contributed by atoms with Gasteiger partial charge in [-0.1, -0.05) is 0 Å². The molecule has 10 nitrogen and oxygen atoms in total. The number of anilines is 3. The Morgan fingerprint density at radius 1 is 1.30 bits per heavy atom. The van der Waals surface area contributed by atoms with Crippen molar-refractivity contribution in [3.8, 4) is 0 Å². The molecule has 0 radical (unpaired) electrons. The predicted molar refractivity (Wildman–Crippen MR) is 119 cm³/mol. The first kappa shape index (κ1) is 20.2. The molecule has 0 bridgehead atoms. The number of hydrogen-bond acceptors (Lipinski definition) is 7. The standard InChI is InChI=1S/C22H24FN7O3/c1-24-15-9-18(28-30-17(10-25-20(15)30)21(31)27-14-8-12(14)23)26-13-3-2-5-29(22(13)32)16-7-11-4-6-33-19(11)16/h2-3,5,9-12,14,16,19,24H,4,6-8H2,1H3,(H,26,28)(H,27,31)/t11-,12-,14+,16+,19-/m0/s1. The Bertz CT molecular complexity index is 1300. The summed E-state index contributed by atoms with van der Waals surface area (Å²) in [6.07, 6.45) is 4.60. The molecule has 3 aliphatic rings. The zero-order valence-corrected chi connectivity index (χ0v) is 18.0. The number of aromatic nitrogens is 4. The number of halogens is 1. The highest BCUT2D eigenvalue weighted by Gasteiger charge is 2.46. The van der Waals surface area contributed by atoms with Gasteiger partial charge in [-0.25, -0.2) is 13.9 Å². The summed E-state index contributed by atoms with van der Waals surface area (Å²) in [5.41, 5.74) is 1.48. The topological polar surface area (TPSA) is 115 Å². The molecule has 1 saturated heterocycles. The monoisotopic (exact) mass is 453 g/mol. The molecule has 2 saturated carbocycles. The van der Waals surface area contributed by atoms with Crippen LogP contribution in [0, 0.1) is 5.92 Å². The van der Waals surface area contributed by atoms with E-state index in [1.165, 1.54) is 10.7 Å². The van der Waals surface area contributed by atoms with E-state index in [0.717, 1.165) is 19.4 Å². The normalized spacial score (nSPS) is 27.6. The van der Waals surface area contributed by atoms with Crippen LogP contribution < -0.4 is 21.5 Å². The predicted octanol–water partition coefficient (Wildman–Crippen LogP) is 1.87. The molecular weight excluding hydrogens is 429 g/mol. The molecule has 5 atom stereocenters. The number of carbonyl (C=O) groups excluding carboxylic acids is 1. The van der Waals surface area contributed by atoms with Gasteiger partial charge >= 0.3 is 0 Å². The van der Waals surface area contributed by atoms with Gasteiger partial charge in [-0.3, -0.25) is 9.59 Å². The molecule has 1 amide bonds. The molecule has 33 heavy (non-hydrogen) atoms. The summed E-state index contributed by atoms with van der Waals surface area (Å²) in [4.78, 5) is 30.1. The van der Waals surface area contributed by atoms with Crippen LogP contribution in [-0.2, 0) is 4.74 Å². The van der Waals surface area contributed by atoms with Crippen LogP contribution in [0.5, 0.6) is 0 Å². The fraction of sp³-hybridized carbons (Fsp3) is 0.455. The highest BCUT2D eigenvalue weighted by Crippen LogP contribution is 2.45. The van der Waals surface area contributed by atoms with Crippen molar-refractivity contribution >= 4 is 28.7 Å². The lowest BCUT2D eigenvalue weighted by atomic mass is 9.76. The van der Waals surface area contributed by atoms with E-state index in [-0.39, 0.29) is 23.4 Å². The lowest BCUT2D eigenvalue weighted by Gasteiger charge is -2.40. The fourth-order valence-corrected chi connectivity index (χ4v) is 4.78. The molecule has 0 unspecified atom stereocenters. The van der Waals surface area contributed by atoms with Crippen LogP contribution in [-0.4, -0.2) is 57.0 Å². The van der Waals surface area contributed by atoms with Gasteiger partial charge in [-0.05, 0) is 30.9 Å².